The molecule has 3 aromatic rings. The van der Waals surface area contributed by atoms with Crippen LogP contribution in [0.2, 0.25) is 0 Å². The summed E-state index contributed by atoms with van der Waals surface area (Å²) in [4.78, 5) is 18.3. The number of ether oxygens (including phenoxy) is 1. The highest BCUT2D eigenvalue weighted by Crippen LogP contribution is 2.60. The predicted molar refractivity (Wildman–Crippen MR) is 138 cm³/mol. The molecule has 7 rings (SSSR count). The van der Waals surface area contributed by atoms with E-state index in [9.17, 15) is 4.79 Å². The molecule has 0 aliphatic heterocycles. The van der Waals surface area contributed by atoms with Gasteiger partial charge in [-0.25, -0.2) is 4.98 Å². The number of carbonyl (C=O) groups excluding carboxylic acids is 1. The molecule has 0 spiro atoms. The first-order valence-corrected chi connectivity index (χ1v) is 13.6. The van der Waals surface area contributed by atoms with Gasteiger partial charge in [0.25, 0.3) is 0 Å². The van der Waals surface area contributed by atoms with Crippen LogP contribution in [-0.4, -0.2) is 28.6 Å². The topological polar surface area (TPSA) is 56.2 Å². The smallest absolute Gasteiger partial charge is 0.226 e. The highest BCUT2D eigenvalue weighted by Gasteiger charge is 2.54. The molecular formula is C30H37N3O2. The van der Waals surface area contributed by atoms with E-state index >= 15 is 0 Å². The normalized spacial score (nSPS) is 26.8. The molecule has 0 unspecified atom stereocenters. The summed E-state index contributed by atoms with van der Waals surface area (Å²) < 4.78 is 8.20. The molecule has 4 bridgehead atoms. The lowest BCUT2D eigenvalue weighted by atomic mass is 9.49. The van der Waals surface area contributed by atoms with Crippen LogP contribution in [0.3, 0.4) is 0 Å². The van der Waals surface area contributed by atoms with Gasteiger partial charge in [-0.2, -0.15) is 0 Å². The molecule has 5 heteroatoms. The van der Waals surface area contributed by atoms with Crippen LogP contribution < -0.4 is 10.1 Å². The van der Waals surface area contributed by atoms with Crippen molar-refractivity contribution >= 4 is 16.9 Å². The number of aryl methyl sites for hydroxylation is 1. The minimum Gasteiger partial charge on any atom is -0.494 e. The quantitative estimate of drug-likeness (QED) is 0.382. The van der Waals surface area contributed by atoms with E-state index in [-0.39, 0.29) is 5.41 Å². The minimum absolute atomic E-state index is 0.0758. The fraction of sp³-hybridized carbons (Fsp3) is 0.533. The van der Waals surface area contributed by atoms with Gasteiger partial charge >= 0.3 is 0 Å². The monoisotopic (exact) mass is 471 g/mol. The third-order valence-corrected chi connectivity index (χ3v) is 8.68. The van der Waals surface area contributed by atoms with Crippen molar-refractivity contribution in [2.45, 2.75) is 64.3 Å². The van der Waals surface area contributed by atoms with Gasteiger partial charge in [-0.3, -0.25) is 4.79 Å². The summed E-state index contributed by atoms with van der Waals surface area (Å²) in [5, 5.41) is 3.34. The van der Waals surface area contributed by atoms with Crippen molar-refractivity contribution in [1.82, 2.24) is 14.9 Å². The maximum Gasteiger partial charge on any atom is 0.226 e. The molecule has 4 saturated carbocycles. The average molecular weight is 472 g/mol. The fourth-order valence-electron chi connectivity index (χ4n) is 7.51. The average Bonchev–Trinajstić information content (AvgIpc) is 3.21. The van der Waals surface area contributed by atoms with E-state index in [2.05, 4.69) is 28.1 Å². The first-order valence-electron chi connectivity index (χ1n) is 13.6. The zero-order chi connectivity index (χ0) is 23.7. The molecule has 4 aliphatic carbocycles. The molecule has 35 heavy (non-hydrogen) atoms. The number of rotatable bonds is 10. The number of aromatic nitrogens is 2. The lowest BCUT2D eigenvalue weighted by Crippen LogP contribution is -2.53. The molecule has 0 atom stereocenters. The Bertz CT molecular complexity index is 1130. The van der Waals surface area contributed by atoms with E-state index in [4.69, 9.17) is 9.72 Å². The molecule has 1 N–H and O–H groups in total. The molecule has 1 aromatic heterocycles. The number of hydrogen-bond donors (Lipinski definition) is 1. The number of nitrogens with one attached hydrogen (secondary N) is 1. The van der Waals surface area contributed by atoms with Gasteiger partial charge in [0.15, 0.2) is 0 Å². The lowest BCUT2D eigenvalue weighted by molar-refractivity contribution is -0.146. The van der Waals surface area contributed by atoms with Crippen molar-refractivity contribution in [2.75, 3.05) is 13.2 Å². The molecule has 1 amide bonds. The second-order valence-corrected chi connectivity index (χ2v) is 11.2. The van der Waals surface area contributed by atoms with Gasteiger partial charge in [0.05, 0.1) is 17.6 Å². The zero-order valence-corrected chi connectivity index (χ0v) is 20.6. The van der Waals surface area contributed by atoms with Crippen LogP contribution in [0.15, 0.2) is 54.6 Å². The summed E-state index contributed by atoms with van der Waals surface area (Å²) in [6.07, 6.45) is 10.3. The second-order valence-electron chi connectivity index (χ2n) is 11.2. The van der Waals surface area contributed by atoms with E-state index in [1.54, 1.807) is 0 Å². The maximum absolute atomic E-state index is 13.4. The first kappa shape index (κ1) is 22.6. The van der Waals surface area contributed by atoms with Crippen LogP contribution in [0.4, 0.5) is 0 Å². The second kappa shape index (κ2) is 9.67. The van der Waals surface area contributed by atoms with Crippen LogP contribution in [0.25, 0.3) is 11.0 Å². The van der Waals surface area contributed by atoms with Crippen LogP contribution >= 0.6 is 0 Å². The van der Waals surface area contributed by atoms with E-state index < -0.39 is 0 Å². The Labute approximate surface area is 208 Å². The Morgan fingerprint density at radius 2 is 1.63 bits per heavy atom. The number of carbonyl (C=O) groups is 1. The van der Waals surface area contributed by atoms with Crippen molar-refractivity contribution in [2.24, 2.45) is 23.2 Å². The number of unbranched alkanes of at least 4 members (excludes halogenated alkanes) is 1. The Balaban J connectivity index is 1.05. The van der Waals surface area contributed by atoms with Gasteiger partial charge < -0.3 is 14.6 Å². The van der Waals surface area contributed by atoms with Crippen molar-refractivity contribution < 1.29 is 9.53 Å². The van der Waals surface area contributed by atoms with Gasteiger partial charge in [0.2, 0.25) is 5.91 Å². The lowest BCUT2D eigenvalue weighted by Gasteiger charge is -2.55. The van der Waals surface area contributed by atoms with Crippen molar-refractivity contribution in [3.63, 3.8) is 0 Å². The van der Waals surface area contributed by atoms with Gasteiger partial charge in [-0.15, -0.1) is 0 Å². The summed E-state index contributed by atoms with van der Waals surface area (Å²) in [6.45, 7) is 2.30. The van der Waals surface area contributed by atoms with Gasteiger partial charge in [-0.05, 0) is 93.4 Å². The van der Waals surface area contributed by atoms with Crippen molar-refractivity contribution in [3.05, 3.63) is 60.4 Å². The summed E-state index contributed by atoms with van der Waals surface area (Å²) in [5.74, 6) is 4.69. The van der Waals surface area contributed by atoms with E-state index in [0.717, 1.165) is 79.9 Å². The molecule has 5 nitrogen and oxygen atoms in total. The SMILES string of the molecule is O=C(NCCc1nc2ccccc2n1CCCCOc1ccccc1)C12CC3CC(CC(C3)C1)C2. The number of imidazole rings is 1. The van der Waals surface area contributed by atoms with Crippen LogP contribution in [-0.2, 0) is 17.8 Å². The minimum atomic E-state index is -0.0758. The molecule has 4 aliphatic rings. The molecule has 184 valence electrons. The summed E-state index contributed by atoms with van der Waals surface area (Å²) >= 11 is 0. The molecule has 4 fully saturated rings. The van der Waals surface area contributed by atoms with Gasteiger partial charge in [0, 0.05) is 24.9 Å². The van der Waals surface area contributed by atoms with Crippen LogP contribution in [0, 0.1) is 23.2 Å². The Kier molecular flexibility index (Phi) is 6.26. The van der Waals surface area contributed by atoms with Crippen molar-refractivity contribution in [3.8, 4) is 5.75 Å². The number of fused-ring (bicyclic) bond motifs is 1. The number of amides is 1. The number of para-hydroxylation sites is 3. The third kappa shape index (κ3) is 4.70. The van der Waals surface area contributed by atoms with Gasteiger partial charge in [-0.1, -0.05) is 30.3 Å². The first-order chi connectivity index (χ1) is 17.2. The van der Waals surface area contributed by atoms with Crippen LogP contribution in [0.5, 0.6) is 5.75 Å². The Hall–Kier alpha value is -2.82. The Morgan fingerprint density at radius 3 is 2.37 bits per heavy atom. The van der Waals surface area contributed by atoms with Gasteiger partial charge in [0.1, 0.15) is 11.6 Å². The molecular weight excluding hydrogens is 434 g/mol. The number of hydrogen-bond acceptors (Lipinski definition) is 3. The number of nitrogens with zero attached hydrogens (tertiary/aromatic N) is 2. The van der Waals surface area contributed by atoms with Crippen molar-refractivity contribution in [1.29, 1.82) is 0 Å². The summed E-state index contributed by atoms with van der Waals surface area (Å²) in [6, 6.07) is 18.4. The summed E-state index contributed by atoms with van der Waals surface area (Å²) in [7, 11) is 0. The predicted octanol–water partition coefficient (Wildman–Crippen LogP) is 5.77. The van der Waals surface area contributed by atoms with Crippen LogP contribution in [0.1, 0.15) is 57.2 Å². The van der Waals surface area contributed by atoms with E-state index in [0.29, 0.717) is 19.1 Å². The molecule has 2 aromatic carbocycles. The van der Waals surface area contributed by atoms with E-state index in [1.165, 1.54) is 24.8 Å². The highest BCUT2D eigenvalue weighted by atomic mass is 16.5. The Morgan fingerprint density at radius 1 is 0.943 bits per heavy atom. The number of benzene rings is 2. The largest absolute Gasteiger partial charge is 0.494 e. The molecule has 0 saturated heterocycles. The molecule has 0 radical (unpaired) electrons. The zero-order valence-electron chi connectivity index (χ0n) is 20.6. The summed E-state index contributed by atoms with van der Waals surface area (Å²) in [5.41, 5.74) is 2.14. The molecule has 1 heterocycles. The maximum atomic E-state index is 13.4. The van der Waals surface area contributed by atoms with E-state index in [1.807, 2.05) is 36.4 Å². The standard InChI is InChI=1S/C30H37N3O2/c34-29(30-19-22-16-23(20-30)18-24(17-22)21-30)31-13-12-28-32-26-10-4-5-11-27(26)33(28)14-6-7-15-35-25-8-2-1-3-9-25/h1-5,8-11,22-24H,6-7,12-21H2,(H,31,34). The highest BCUT2D eigenvalue weighted by molar-refractivity contribution is 5.83. The third-order valence-electron chi connectivity index (χ3n) is 8.68. The fourth-order valence-corrected chi connectivity index (χ4v) is 7.51.